The van der Waals surface area contributed by atoms with E-state index in [1.165, 1.54) is 0 Å². The topological polar surface area (TPSA) is 96.5 Å². The molecule has 6 heteroatoms. The zero-order valence-electron chi connectivity index (χ0n) is 18.2. The Labute approximate surface area is 184 Å². The Balaban J connectivity index is 1.57. The van der Waals surface area contributed by atoms with Gasteiger partial charge in [-0.1, -0.05) is 37.6 Å². The average molecular weight is 422 g/mol. The summed E-state index contributed by atoms with van der Waals surface area (Å²) < 4.78 is 5.30. The molecule has 1 aromatic carbocycles. The summed E-state index contributed by atoms with van der Waals surface area (Å²) in [6, 6.07) is 8.18. The first-order valence-electron chi connectivity index (χ1n) is 11.0. The van der Waals surface area contributed by atoms with Crippen LogP contribution in [-0.2, 0) is 14.3 Å². The standard InChI is InChI=1S/C25H31N3O3/c1-2-3-14-31-24(30)15-18-10-12-28(13-11-18)22-7-4-19(5-8-22)23-9-6-20(25(26)27)16-21(23)17-29/h4-9,18H,2-3,10-16H2,1H3,(H3,26,27). The molecule has 0 amide bonds. The predicted molar refractivity (Wildman–Crippen MR) is 124 cm³/mol. The van der Waals surface area contributed by atoms with Gasteiger partial charge in [-0.25, -0.2) is 4.79 Å². The minimum absolute atomic E-state index is 0.0176. The molecule has 1 fully saturated rings. The smallest absolute Gasteiger partial charge is 0.306 e. The normalized spacial score (nSPS) is 16.9. The summed E-state index contributed by atoms with van der Waals surface area (Å²) in [4.78, 5) is 25.7. The Hall–Kier alpha value is -3.11. The molecule has 1 heterocycles. The van der Waals surface area contributed by atoms with E-state index in [0.29, 0.717) is 36.5 Å². The summed E-state index contributed by atoms with van der Waals surface area (Å²) in [6.45, 7) is 4.45. The summed E-state index contributed by atoms with van der Waals surface area (Å²) in [6.07, 6.45) is 8.39. The number of carbonyl (C=O) groups excluding carboxylic acids is 2. The van der Waals surface area contributed by atoms with Crippen molar-refractivity contribution in [1.82, 2.24) is 0 Å². The predicted octanol–water partition coefficient (Wildman–Crippen LogP) is 4.04. The molecule has 0 saturated carbocycles. The molecule has 0 spiro atoms. The maximum Gasteiger partial charge on any atom is 0.306 e. The van der Waals surface area contributed by atoms with Gasteiger partial charge in [0.25, 0.3) is 0 Å². The van der Waals surface area contributed by atoms with Crippen LogP contribution in [0.4, 0.5) is 5.69 Å². The van der Waals surface area contributed by atoms with Crippen LogP contribution >= 0.6 is 0 Å². The third-order valence-electron chi connectivity index (χ3n) is 5.99. The van der Waals surface area contributed by atoms with Crippen molar-refractivity contribution in [3.05, 3.63) is 53.1 Å². The average Bonchev–Trinajstić information content (AvgIpc) is 2.79. The number of hydrogen-bond acceptors (Lipinski definition) is 5. The number of amidine groups is 1. The highest BCUT2D eigenvalue weighted by atomic mass is 16.5. The van der Waals surface area contributed by atoms with Gasteiger partial charge in [0.1, 0.15) is 11.8 Å². The van der Waals surface area contributed by atoms with Crippen LogP contribution in [-0.4, -0.2) is 37.4 Å². The largest absolute Gasteiger partial charge is 0.466 e. The Morgan fingerprint density at radius 2 is 1.94 bits per heavy atom. The highest BCUT2D eigenvalue weighted by Crippen LogP contribution is 2.32. The van der Waals surface area contributed by atoms with Crippen molar-refractivity contribution < 1.29 is 14.3 Å². The fourth-order valence-corrected chi connectivity index (χ4v) is 4.05. The highest BCUT2D eigenvalue weighted by molar-refractivity contribution is 6.00. The van der Waals surface area contributed by atoms with E-state index in [4.69, 9.17) is 15.9 Å². The molecule has 2 aliphatic rings. The number of anilines is 1. The van der Waals surface area contributed by atoms with E-state index >= 15 is 0 Å². The Kier molecular flexibility index (Phi) is 7.85. The number of carbonyl (C=O) groups is 1. The van der Waals surface area contributed by atoms with E-state index in [-0.39, 0.29) is 11.8 Å². The molecule has 0 atom stereocenters. The first-order chi connectivity index (χ1) is 15.0. The van der Waals surface area contributed by atoms with Crippen molar-refractivity contribution in [1.29, 1.82) is 5.41 Å². The second kappa shape index (κ2) is 10.8. The van der Waals surface area contributed by atoms with Crippen LogP contribution in [0.25, 0.3) is 5.57 Å². The molecule has 0 unspecified atom stereocenters. The summed E-state index contributed by atoms with van der Waals surface area (Å²) >= 11 is 0. The zero-order valence-corrected chi connectivity index (χ0v) is 18.2. The second-order valence-electron chi connectivity index (χ2n) is 8.20. The summed E-state index contributed by atoms with van der Waals surface area (Å²) in [5.41, 5.74) is 9.62. The lowest BCUT2D eigenvalue weighted by Crippen LogP contribution is -2.34. The van der Waals surface area contributed by atoms with Crippen LogP contribution in [0.1, 0.15) is 51.0 Å². The quantitative estimate of drug-likeness (QED) is 0.217. The monoisotopic (exact) mass is 421 g/mol. The third kappa shape index (κ3) is 5.96. The number of benzene rings is 1. The van der Waals surface area contributed by atoms with Crippen LogP contribution < -0.4 is 10.6 Å². The minimum atomic E-state index is -0.0713. The molecule has 0 radical (unpaired) electrons. The molecule has 1 aliphatic heterocycles. The molecule has 1 aromatic rings. The van der Waals surface area contributed by atoms with E-state index in [0.717, 1.165) is 55.6 Å². The lowest BCUT2D eigenvalue weighted by Gasteiger charge is -2.33. The van der Waals surface area contributed by atoms with Crippen molar-refractivity contribution in [2.24, 2.45) is 11.7 Å². The Morgan fingerprint density at radius 1 is 1.23 bits per heavy atom. The summed E-state index contributed by atoms with van der Waals surface area (Å²) in [5.74, 6) is 2.31. The zero-order chi connectivity index (χ0) is 22.2. The van der Waals surface area contributed by atoms with Crippen LogP contribution in [0, 0.1) is 11.3 Å². The number of nitrogens with one attached hydrogen (secondary N) is 1. The Bertz CT molecular complexity index is 916. The number of hydrogen-bond donors (Lipinski definition) is 2. The summed E-state index contributed by atoms with van der Waals surface area (Å²) in [5, 5.41) is 7.56. The van der Waals surface area contributed by atoms with Crippen LogP contribution in [0.15, 0.2) is 47.6 Å². The maximum atomic E-state index is 11.9. The molecule has 0 aromatic heterocycles. The van der Waals surface area contributed by atoms with E-state index in [1.54, 1.807) is 6.08 Å². The highest BCUT2D eigenvalue weighted by Gasteiger charge is 2.23. The number of esters is 1. The second-order valence-corrected chi connectivity index (χ2v) is 8.20. The number of nitrogens with two attached hydrogens (primary N) is 1. The number of ether oxygens (including phenoxy) is 1. The molecule has 6 nitrogen and oxygen atoms in total. The lowest BCUT2D eigenvalue weighted by molar-refractivity contribution is -0.145. The fourth-order valence-electron chi connectivity index (χ4n) is 4.05. The van der Waals surface area contributed by atoms with Crippen molar-refractivity contribution in [3.8, 4) is 0 Å². The molecule has 3 rings (SSSR count). The third-order valence-corrected chi connectivity index (χ3v) is 5.99. The van der Waals surface area contributed by atoms with Gasteiger partial charge in [0, 0.05) is 37.2 Å². The van der Waals surface area contributed by atoms with Gasteiger partial charge in [-0.15, -0.1) is 0 Å². The van der Waals surface area contributed by atoms with Crippen molar-refractivity contribution >= 4 is 29.0 Å². The molecule has 164 valence electrons. The first kappa shape index (κ1) is 22.6. The lowest BCUT2D eigenvalue weighted by atomic mass is 9.88. The van der Waals surface area contributed by atoms with Gasteiger partial charge in [-0.3, -0.25) is 10.2 Å². The SMILES string of the molecule is CCCCOC(=O)CC1CCN(c2ccc(C3=CC=C(C(=N)N)CC3=C=O)cc2)CC1. The number of unbranched alkanes of at least 4 members (excludes halogenated alkanes) is 1. The first-order valence-corrected chi connectivity index (χ1v) is 11.0. The van der Waals surface area contributed by atoms with Crippen LogP contribution in [0.5, 0.6) is 0 Å². The van der Waals surface area contributed by atoms with E-state index < -0.39 is 0 Å². The van der Waals surface area contributed by atoms with Gasteiger partial charge < -0.3 is 15.4 Å². The molecule has 0 bridgehead atoms. The van der Waals surface area contributed by atoms with Gasteiger partial charge in [0.05, 0.1) is 6.61 Å². The molecular weight excluding hydrogens is 390 g/mol. The van der Waals surface area contributed by atoms with Gasteiger partial charge in [0.15, 0.2) is 0 Å². The summed E-state index contributed by atoms with van der Waals surface area (Å²) in [7, 11) is 0. The van der Waals surface area contributed by atoms with Gasteiger partial charge in [0.2, 0.25) is 0 Å². The minimum Gasteiger partial charge on any atom is -0.466 e. The van der Waals surface area contributed by atoms with Gasteiger partial charge in [-0.2, -0.15) is 0 Å². The molecule has 31 heavy (non-hydrogen) atoms. The molecular formula is C25H31N3O3. The van der Waals surface area contributed by atoms with Crippen molar-refractivity contribution in [2.75, 3.05) is 24.6 Å². The van der Waals surface area contributed by atoms with Crippen LogP contribution in [0.3, 0.4) is 0 Å². The van der Waals surface area contributed by atoms with Crippen molar-refractivity contribution in [2.45, 2.75) is 45.4 Å². The maximum absolute atomic E-state index is 11.9. The van der Waals surface area contributed by atoms with E-state index in [2.05, 4.69) is 24.0 Å². The number of piperidine rings is 1. The Morgan fingerprint density at radius 3 is 2.55 bits per heavy atom. The van der Waals surface area contributed by atoms with Crippen LogP contribution in [0.2, 0.25) is 0 Å². The van der Waals surface area contributed by atoms with Gasteiger partial charge in [-0.05, 0) is 54.0 Å². The van der Waals surface area contributed by atoms with E-state index in [1.807, 2.05) is 24.2 Å². The molecule has 1 aliphatic carbocycles. The number of rotatable bonds is 8. The van der Waals surface area contributed by atoms with Gasteiger partial charge >= 0.3 is 5.97 Å². The van der Waals surface area contributed by atoms with E-state index in [9.17, 15) is 9.59 Å². The molecule has 1 saturated heterocycles. The number of nitrogens with zero attached hydrogens (tertiary/aromatic N) is 1. The molecule has 3 N–H and O–H groups in total. The van der Waals surface area contributed by atoms with Crippen molar-refractivity contribution in [3.63, 3.8) is 0 Å². The fraction of sp³-hybridized carbons (Fsp3) is 0.440. The number of allylic oxidation sites excluding steroid dienone is 4.